The fraction of sp³-hybridized carbons (Fsp3) is 0.278. The van der Waals surface area contributed by atoms with Gasteiger partial charge in [0.2, 0.25) is 9.84 Å². The maximum atomic E-state index is 12.8. The molecule has 1 aromatic carbocycles. The second-order valence-corrected chi connectivity index (χ2v) is 8.38. The normalized spacial score (nSPS) is 11.7. The van der Waals surface area contributed by atoms with E-state index >= 15 is 0 Å². The van der Waals surface area contributed by atoms with Crippen LogP contribution in [0.3, 0.4) is 0 Å². The van der Waals surface area contributed by atoms with Gasteiger partial charge < -0.3 is 9.47 Å². The van der Waals surface area contributed by atoms with Gasteiger partial charge in [0.15, 0.2) is 0 Å². The molecule has 0 bridgehead atoms. The summed E-state index contributed by atoms with van der Waals surface area (Å²) in [5, 5.41) is 0. The van der Waals surface area contributed by atoms with E-state index in [1.165, 1.54) is 43.6 Å². The number of pyridine rings is 1. The summed E-state index contributed by atoms with van der Waals surface area (Å²) in [6.07, 6.45) is 2.37. The van der Waals surface area contributed by atoms with Gasteiger partial charge in [0.1, 0.15) is 5.60 Å². The molecular weight excluding hydrogens is 358 g/mol. The summed E-state index contributed by atoms with van der Waals surface area (Å²) >= 11 is 0. The molecule has 0 spiro atoms. The zero-order chi connectivity index (χ0) is 19.5. The number of rotatable bonds is 4. The van der Waals surface area contributed by atoms with Crippen molar-refractivity contribution in [3.05, 3.63) is 53.9 Å². The Kier molecular flexibility index (Phi) is 5.46. The van der Waals surface area contributed by atoms with Gasteiger partial charge in [-0.25, -0.2) is 18.0 Å². The van der Waals surface area contributed by atoms with Crippen molar-refractivity contribution in [2.45, 2.75) is 36.2 Å². The second-order valence-electron chi connectivity index (χ2n) is 6.43. The van der Waals surface area contributed by atoms with Crippen LogP contribution in [0.25, 0.3) is 0 Å². The number of benzene rings is 1. The number of aromatic nitrogens is 1. The third-order valence-electron chi connectivity index (χ3n) is 3.22. The third kappa shape index (κ3) is 4.45. The van der Waals surface area contributed by atoms with E-state index in [9.17, 15) is 18.0 Å². The van der Waals surface area contributed by atoms with E-state index in [2.05, 4.69) is 9.72 Å². The molecule has 2 rings (SSSR count). The summed E-state index contributed by atoms with van der Waals surface area (Å²) < 4.78 is 35.5. The monoisotopic (exact) mass is 377 g/mol. The lowest BCUT2D eigenvalue weighted by Crippen LogP contribution is -2.24. The van der Waals surface area contributed by atoms with Crippen molar-refractivity contribution in [1.82, 2.24) is 4.98 Å². The Labute approximate surface area is 151 Å². The minimum atomic E-state index is -3.98. The van der Waals surface area contributed by atoms with Crippen LogP contribution in [-0.4, -0.2) is 38.1 Å². The van der Waals surface area contributed by atoms with E-state index in [1.54, 1.807) is 20.8 Å². The standard InChI is InChI=1S/C18H19NO6S/c1-18(2,3)25-17(21)13-9-15(11-19-10-13)26(22,23)14-7-5-6-12(8-14)16(20)24-4/h5-11H,1-4H3. The molecule has 0 aliphatic heterocycles. The summed E-state index contributed by atoms with van der Waals surface area (Å²) in [6, 6.07) is 6.63. The number of esters is 2. The van der Waals surface area contributed by atoms with Gasteiger partial charge in [0, 0.05) is 12.4 Å². The molecule has 0 aliphatic carbocycles. The van der Waals surface area contributed by atoms with Crippen molar-refractivity contribution in [2.24, 2.45) is 0 Å². The van der Waals surface area contributed by atoms with Crippen LogP contribution in [0.4, 0.5) is 0 Å². The predicted octanol–water partition coefficient (Wildman–Crippen LogP) is 2.66. The lowest BCUT2D eigenvalue weighted by atomic mass is 10.2. The molecule has 0 saturated heterocycles. The molecule has 0 amide bonds. The van der Waals surface area contributed by atoms with Crippen LogP contribution in [0.15, 0.2) is 52.5 Å². The number of hydrogen-bond donors (Lipinski definition) is 0. The molecule has 2 aromatic rings. The van der Waals surface area contributed by atoms with Crippen LogP contribution in [0.5, 0.6) is 0 Å². The van der Waals surface area contributed by atoms with E-state index in [0.29, 0.717) is 0 Å². The molecule has 0 N–H and O–H groups in total. The van der Waals surface area contributed by atoms with Crippen LogP contribution in [0.2, 0.25) is 0 Å². The highest BCUT2D eigenvalue weighted by atomic mass is 32.2. The Bertz CT molecular complexity index is 944. The first-order valence-electron chi connectivity index (χ1n) is 7.66. The summed E-state index contributed by atoms with van der Waals surface area (Å²) in [5.74, 6) is -1.33. The highest BCUT2D eigenvalue weighted by Gasteiger charge is 2.23. The number of carbonyl (C=O) groups excluding carboxylic acids is 2. The largest absolute Gasteiger partial charge is 0.465 e. The van der Waals surface area contributed by atoms with Gasteiger partial charge in [-0.15, -0.1) is 0 Å². The van der Waals surface area contributed by atoms with Crippen LogP contribution in [-0.2, 0) is 19.3 Å². The zero-order valence-electron chi connectivity index (χ0n) is 14.8. The maximum Gasteiger partial charge on any atom is 0.340 e. The van der Waals surface area contributed by atoms with Gasteiger partial charge in [-0.2, -0.15) is 0 Å². The first-order chi connectivity index (χ1) is 12.0. The van der Waals surface area contributed by atoms with E-state index in [4.69, 9.17) is 4.74 Å². The van der Waals surface area contributed by atoms with Gasteiger partial charge in [-0.05, 0) is 45.0 Å². The Morgan fingerprint density at radius 3 is 2.23 bits per heavy atom. The first kappa shape index (κ1) is 19.6. The van der Waals surface area contributed by atoms with Crippen LogP contribution >= 0.6 is 0 Å². The van der Waals surface area contributed by atoms with Crippen LogP contribution < -0.4 is 0 Å². The molecule has 1 aromatic heterocycles. The molecule has 0 fully saturated rings. The van der Waals surface area contributed by atoms with E-state index < -0.39 is 27.4 Å². The van der Waals surface area contributed by atoms with Gasteiger partial charge in [-0.3, -0.25) is 4.98 Å². The smallest absolute Gasteiger partial charge is 0.340 e. The number of ether oxygens (including phenoxy) is 2. The average molecular weight is 377 g/mol. The highest BCUT2D eigenvalue weighted by molar-refractivity contribution is 7.91. The minimum absolute atomic E-state index is 0.0186. The zero-order valence-corrected chi connectivity index (χ0v) is 15.7. The summed E-state index contributed by atoms with van der Waals surface area (Å²) in [6.45, 7) is 5.12. The predicted molar refractivity (Wildman–Crippen MR) is 92.6 cm³/mol. The number of carbonyl (C=O) groups is 2. The topological polar surface area (TPSA) is 99.6 Å². The van der Waals surface area contributed by atoms with Crippen molar-refractivity contribution >= 4 is 21.8 Å². The average Bonchev–Trinajstić information content (AvgIpc) is 2.59. The Balaban J connectivity index is 2.43. The Morgan fingerprint density at radius 2 is 1.62 bits per heavy atom. The third-order valence-corrected chi connectivity index (χ3v) is 4.94. The maximum absolute atomic E-state index is 12.8. The summed E-state index contributed by atoms with van der Waals surface area (Å²) in [4.78, 5) is 27.3. The number of nitrogens with zero attached hydrogens (tertiary/aromatic N) is 1. The van der Waals surface area contributed by atoms with Crippen molar-refractivity contribution in [3.8, 4) is 0 Å². The number of sulfone groups is 1. The molecule has 8 heteroatoms. The molecule has 1 heterocycles. The molecule has 0 atom stereocenters. The quantitative estimate of drug-likeness (QED) is 0.755. The molecular formula is C18H19NO6S. The van der Waals surface area contributed by atoms with E-state index in [-0.39, 0.29) is 20.9 Å². The van der Waals surface area contributed by atoms with Gasteiger partial charge in [0.05, 0.1) is 28.0 Å². The number of methoxy groups -OCH3 is 1. The van der Waals surface area contributed by atoms with Crippen LogP contribution in [0, 0.1) is 0 Å². The van der Waals surface area contributed by atoms with E-state index in [1.807, 2.05) is 0 Å². The van der Waals surface area contributed by atoms with Crippen molar-refractivity contribution < 1.29 is 27.5 Å². The van der Waals surface area contributed by atoms with Crippen molar-refractivity contribution in [1.29, 1.82) is 0 Å². The molecule has 0 radical (unpaired) electrons. The molecule has 0 saturated carbocycles. The van der Waals surface area contributed by atoms with E-state index in [0.717, 1.165) is 6.20 Å². The summed E-state index contributed by atoms with van der Waals surface area (Å²) in [7, 11) is -2.77. The molecule has 7 nitrogen and oxygen atoms in total. The fourth-order valence-corrected chi connectivity index (χ4v) is 3.35. The second kappa shape index (κ2) is 7.25. The SMILES string of the molecule is COC(=O)c1cccc(S(=O)(=O)c2cncc(C(=O)OC(C)(C)C)c2)c1. The molecule has 0 unspecified atom stereocenters. The first-order valence-corrected chi connectivity index (χ1v) is 9.15. The van der Waals surface area contributed by atoms with Gasteiger partial charge >= 0.3 is 11.9 Å². The lowest BCUT2D eigenvalue weighted by Gasteiger charge is -2.19. The summed E-state index contributed by atoms with van der Waals surface area (Å²) in [5.41, 5.74) is -0.601. The van der Waals surface area contributed by atoms with Crippen molar-refractivity contribution in [2.75, 3.05) is 7.11 Å². The Morgan fingerprint density at radius 1 is 0.962 bits per heavy atom. The van der Waals surface area contributed by atoms with Crippen molar-refractivity contribution in [3.63, 3.8) is 0 Å². The van der Waals surface area contributed by atoms with Gasteiger partial charge in [-0.1, -0.05) is 6.07 Å². The fourth-order valence-electron chi connectivity index (χ4n) is 2.06. The minimum Gasteiger partial charge on any atom is -0.465 e. The van der Waals surface area contributed by atoms with Gasteiger partial charge in [0.25, 0.3) is 0 Å². The Hall–Kier alpha value is -2.74. The molecule has 26 heavy (non-hydrogen) atoms. The van der Waals surface area contributed by atoms with Crippen LogP contribution in [0.1, 0.15) is 41.5 Å². The lowest BCUT2D eigenvalue weighted by molar-refractivity contribution is 0.00685. The highest BCUT2D eigenvalue weighted by Crippen LogP contribution is 2.23. The molecule has 138 valence electrons. The molecule has 0 aliphatic rings. The number of hydrogen-bond acceptors (Lipinski definition) is 7.